The summed E-state index contributed by atoms with van der Waals surface area (Å²) >= 11 is 1.35. The minimum atomic E-state index is -0.972. The molecule has 0 aromatic heterocycles. The second kappa shape index (κ2) is 6.10. The van der Waals surface area contributed by atoms with Crippen molar-refractivity contribution >= 4 is 29.5 Å². The number of hydrogen-bond donors (Lipinski definition) is 4. The van der Waals surface area contributed by atoms with Crippen LogP contribution in [0.1, 0.15) is 25.5 Å². The summed E-state index contributed by atoms with van der Waals surface area (Å²) in [6, 6.07) is 6.65. The summed E-state index contributed by atoms with van der Waals surface area (Å²) in [6.07, 6.45) is 0. The van der Waals surface area contributed by atoms with Crippen molar-refractivity contribution in [2.75, 3.05) is 0 Å². The second-order valence-corrected chi connectivity index (χ2v) is 8.21. The number of hydrogen-bond acceptors (Lipinski definition) is 5. The standard InChI is InChI=1S/C16H19N3O4S/c1-16(2)11(15(22)23)19-14(24-16)10-13(21)17-9(12(20)18-10)8-6-4-3-5-7-8/h3-7,9-11,14,19H,1-2H3,(H,17,21)(H,18,20)(H,22,23)/t9-,10-,11-,14+/m0/s1. The Morgan fingerprint density at radius 3 is 2.38 bits per heavy atom. The van der Waals surface area contributed by atoms with Crippen LogP contribution in [0.2, 0.25) is 0 Å². The Kier molecular flexibility index (Phi) is 4.27. The van der Waals surface area contributed by atoms with Gasteiger partial charge in [-0.15, -0.1) is 11.8 Å². The molecule has 3 rings (SSSR count). The highest BCUT2D eigenvalue weighted by atomic mass is 32.2. The number of carboxylic acid groups (broad SMARTS) is 1. The Balaban J connectivity index is 1.75. The van der Waals surface area contributed by atoms with E-state index in [0.29, 0.717) is 5.56 Å². The second-order valence-electron chi connectivity index (χ2n) is 6.42. The normalized spacial score (nSPS) is 32.1. The van der Waals surface area contributed by atoms with Gasteiger partial charge in [0, 0.05) is 4.75 Å². The molecule has 24 heavy (non-hydrogen) atoms. The molecule has 4 N–H and O–H groups in total. The lowest BCUT2D eigenvalue weighted by atomic mass is 10.0. The number of benzene rings is 1. The van der Waals surface area contributed by atoms with Crippen LogP contribution in [-0.2, 0) is 14.4 Å². The van der Waals surface area contributed by atoms with E-state index in [4.69, 9.17) is 0 Å². The predicted octanol–water partition coefficient (Wildman–Crippen LogP) is 0.237. The van der Waals surface area contributed by atoms with Crippen molar-refractivity contribution in [3.8, 4) is 0 Å². The molecule has 0 spiro atoms. The van der Waals surface area contributed by atoms with Gasteiger partial charge in [0.05, 0.1) is 5.37 Å². The zero-order chi connectivity index (χ0) is 17.5. The highest BCUT2D eigenvalue weighted by Crippen LogP contribution is 2.39. The highest BCUT2D eigenvalue weighted by Gasteiger charge is 2.50. The molecule has 2 saturated heterocycles. The van der Waals surface area contributed by atoms with Crippen LogP contribution in [-0.4, -0.2) is 45.1 Å². The Labute approximate surface area is 143 Å². The topological polar surface area (TPSA) is 108 Å². The van der Waals surface area contributed by atoms with Gasteiger partial charge in [-0.1, -0.05) is 30.3 Å². The Hall–Kier alpha value is -2.06. The van der Waals surface area contributed by atoms with Gasteiger partial charge in [0.2, 0.25) is 11.8 Å². The minimum absolute atomic E-state index is 0.301. The summed E-state index contributed by atoms with van der Waals surface area (Å²) in [6.45, 7) is 3.61. The average molecular weight is 349 g/mol. The van der Waals surface area contributed by atoms with Crippen molar-refractivity contribution in [2.24, 2.45) is 0 Å². The van der Waals surface area contributed by atoms with Gasteiger partial charge in [-0.05, 0) is 19.4 Å². The summed E-state index contributed by atoms with van der Waals surface area (Å²) in [4.78, 5) is 36.2. The molecule has 2 amide bonds. The molecule has 2 heterocycles. The first-order valence-corrected chi connectivity index (χ1v) is 8.50. The van der Waals surface area contributed by atoms with Gasteiger partial charge in [0.1, 0.15) is 18.1 Å². The Bertz CT molecular complexity index is 679. The van der Waals surface area contributed by atoms with Gasteiger partial charge >= 0.3 is 5.97 Å². The fraction of sp³-hybridized carbons (Fsp3) is 0.438. The van der Waals surface area contributed by atoms with Gasteiger partial charge in [0.15, 0.2) is 0 Å². The third-order valence-electron chi connectivity index (χ3n) is 4.27. The molecule has 7 nitrogen and oxygen atoms in total. The largest absolute Gasteiger partial charge is 0.480 e. The fourth-order valence-corrected chi connectivity index (χ4v) is 4.51. The van der Waals surface area contributed by atoms with Crippen molar-refractivity contribution in [3.63, 3.8) is 0 Å². The van der Waals surface area contributed by atoms with Crippen molar-refractivity contribution in [1.82, 2.24) is 16.0 Å². The number of thioether (sulfide) groups is 1. The molecule has 1 aromatic rings. The maximum Gasteiger partial charge on any atom is 0.322 e. The molecular formula is C16H19N3O4S. The van der Waals surface area contributed by atoms with E-state index in [2.05, 4.69) is 16.0 Å². The first kappa shape index (κ1) is 16.8. The van der Waals surface area contributed by atoms with E-state index in [0.717, 1.165) is 0 Å². The highest BCUT2D eigenvalue weighted by molar-refractivity contribution is 8.01. The number of carboxylic acids is 1. The molecule has 0 radical (unpaired) electrons. The molecule has 0 unspecified atom stereocenters. The van der Waals surface area contributed by atoms with Crippen molar-refractivity contribution in [2.45, 2.75) is 42.1 Å². The molecule has 1 aromatic carbocycles. The summed E-state index contributed by atoms with van der Waals surface area (Å²) in [7, 11) is 0. The molecule has 2 aliphatic heterocycles. The zero-order valence-corrected chi connectivity index (χ0v) is 14.1. The van der Waals surface area contributed by atoms with Crippen molar-refractivity contribution in [3.05, 3.63) is 35.9 Å². The van der Waals surface area contributed by atoms with Gasteiger partial charge in [-0.2, -0.15) is 0 Å². The zero-order valence-electron chi connectivity index (χ0n) is 13.3. The average Bonchev–Trinajstić information content (AvgIpc) is 2.85. The molecule has 4 atom stereocenters. The van der Waals surface area contributed by atoms with Gasteiger partial charge < -0.3 is 15.7 Å². The third-order valence-corrected chi connectivity index (χ3v) is 5.77. The summed E-state index contributed by atoms with van der Waals surface area (Å²) < 4.78 is -0.586. The summed E-state index contributed by atoms with van der Waals surface area (Å²) in [5, 5.41) is 17.2. The molecule has 2 fully saturated rings. The lowest BCUT2D eigenvalue weighted by Gasteiger charge is -2.32. The molecule has 0 saturated carbocycles. The van der Waals surface area contributed by atoms with Crippen LogP contribution in [0.5, 0.6) is 0 Å². The van der Waals surface area contributed by atoms with Gasteiger partial charge in [0.25, 0.3) is 0 Å². The van der Waals surface area contributed by atoms with E-state index in [-0.39, 0.29) is 11.8 Å². The number of carbonyl (C=O) groups excluding carboxylic acids is 2. The van der Waals surface area contributed by atoms with E-state index < -0.39 is 34.2 Å². The minimum Gasteiger partial charge on any atom is -0.480 e. The van der Waals surface area contributed by atoms with Crippen molar-refractivity contribution in [1.29, 1.82) is 0 Å². The third kappa shape index (κ3) is 2.99. The summed E-state index contributed by atoms with van der Waals surface area (Å²) in [5.74, 6) is -1.60. The number of rotatable bonds is 3. The van der Waals surface area contributed by atoms with Gasteiger partial charge in [-0.25, -0.2) is 0 Å². The van der Waals surface area contributed by atoms with E-state index in [9.17, 15) is 19.5 Å². The van der Waals surface area contributed by atoms with Crippen molar-refractivity contribution < 1.29 is 19.5 Å². The predicted molar refractivity (Wildman–Crippen MR) is 89.3 cm³/mol. The molecule has 0 bridgehead atoms. The lowest BCUT2D eigenvalue weighted by molar-refractivity contribution is -0.140. The van der Waals surface area contributed by atoms with E-state index in [1.165, 1.54) is 11.8 Å². The van der Waals surface area contributed by atoms with Crippen LogP contribution >= 0.6 is 11.8 Å². The van der Waals surface area contributed by atoms with E-state index in [1.807, 2.05) is 6.07 Å². The fourth-order valence-electron chi connectivity index (χ4n) is 3.02. The number of amides is 2. The van der Waals surface area contributed by atoms with E-state index in [1.54, 1.807) is 38.1 Å². The first-order valence-electron chi connectivity index (χ1n) is 7.62. The molecular weight excluding hydrogens is 330 g/mol. The van der Waals surface area contributed by atoms with Crippen LogP contribution in [0.25, 0.3) is 0 Å². The SMILES string of the molecule is CC1(C)S[C@H]([C@H]2NC(=O)[C@H](c3ccccc3)NC2=O)N[C@H]1C(=O)O. The quantitative estimate of drug-likeness (QED) is 0.623. The number of piperazine rings is 1. The van der Waals surface area contributed by atoms with Crippen LogP contribution in [0.15, 0.2) is 30.3 Å². The maximum atomic E-state index is 12.5. The first-order chi connectivity index (χ1) is 11.3. The number of nitrogens with one attached hydrogen (secondary N) is 3. The van der Waals surface area contributed by atoms with E-state index >= 15 is 0 Å². The van der Waals surface area contributed by atoms with Gasteiger partial charge in [-0.3, -0.25) is 19.7 Å². The number of carbonyl (C=O) groups is 3. The van der Waals surface area contributed by atoms with Crippen LogP contribution in [0.3, 0.4) is 0 Å². The summed E-state index contributed by atoms with van der Waals surface area (Å²) in [5.41, 5.74) is 0.706. The Morgan fingerprint density at radius 1 is 1.12 bits per heavy atom. The smallest absolute Gasteiger partial charge is 0.322 e. The monoisotopic (exact) mass is 349 g/mol. The molecule has 8 heteroatoms. The molecule has 0 aliphatic carbocycles. The lowest BCUT2D eigenvalue weighted by Crippen LogP contribution is -2.63. The molecule has 2 aliphatic rings. The number of aliphatic carboxylic acids is 1. The van der Waals surface area contributed by atoms with Crippen LogP contribution < -0.4 is 16.0 Å². The molecule has 128 valence electrons. The van der Waals surface area contributed by atoms with Crippen LogP contribution in [0, 0.1) is 0 Å². The van der Waals surface area contributed by atoms with Crippen LogP contribution in [0.4, 0.5) is 0 Å². The maximum absolute atomic E-state index is 12.5. The Morgan fingerprint density at radius 2 is 1.79 bits per heavy atom.